The van der Waals surface area contributed by atoms with Crippen LogP contribution in [0.3, 0.4) is 0 Å². The number of benzene rings is 4. The molecule has 0 heterocycles. The van der Waals surface area contributed by atoms with E-state index in [2.05, 4.69) is 41.5 Å². The van der Waals surface area contributed by atoms with Crippen molar-refractivity contribution < 1.29 is 15.0 Å². The minimum atomic E-state index is -0.735. The summed E-state index contributed by atoms with van der Waals surface area (Å²) in [6.45, 7) is 13.0. The maximum atomic E-state index is 15.0. The molecule has 0 saturated carbocycles. The predicted molar refractivity (Wildman–Crippen MR) is 164 cm³/mol. The first-order valence-electron chi connectivity index (χ1n) is 14.3. The van der Waals surface area contributed by atoms with Crippen molar-refractivity contribution in [2.45, 2.75) is 77.0 Å². The molecule has 2 atom stereocenters. The first kappa shape index (κ1) is 29.1. The van der Waals surface area contributed by atoms with Crippen molar-refractivity contribution in [2.75, 3.05) is 0 Å². The van der Waals surface area contributed by atoms with Gasteiger partial charge < -0.3 is 10.2 Å². The molecule has 2 N–H and O–H groups in total. The van der Waals surface area contributed by atoms with Crippen molar-refractivity contribution >= 4 is 5.78 Å². The number of carbonyl (C=O) groups excluding carboxylic acids is 1. The molecule has 0 bridgehead atoms. The minimum Gasteiger partial charge on any atom is -0.508 e. The van der Waals surface area contributed by atoms with Crippen LogP contribution in [-0.4, -0.2) is 16.0 Å². The first-order chi connectivity index (χ1) is 19.0. The van der Waals surface area contributed by atoms with Gasteiger partial charge in [-0.2, -0.15) is 0 Å². The Balaban J connectivity index is 1.98. The molecule has 0 fully saturated rings. The van der Waals surface area contributed by atoms with Gasteiger partial charge in [-0.3, -0.25) is 4.79 Å². The van der Waals surface area contributed by atoms with Crippen LogP contribution in [0, 0.1) is 0 Å². The summed E-state index contributed by atoms with van der Waals surface area (Å²) in [7, 11) is 0. The van der Waals surface area contributed by atoms with E-state index in [-0.39, 0.29) is 28.1 Å². The maximum absolute atomic E-state index is 15.0. The van der Waals surface area contributed by atoms with Crippen molar-refractivity contribution in [2.24, 2.45) is 0 Å². The number of phenolic OH excluding ortho intramolecular Hbond substituents is 2. The van der Waals surface area contributed by atoms with Gasteiger partial charge in [0.15, 0.2) is 5.78 Å². The van der Waals surface area contributed by atoms with Crippen molar-refractivity contribution in [1.29, 1.82) is 0 Å². The van der Waals surface area contributed by atoms with Gasteiger partial charge in [0.2, 0.25) is 0 Å². The summed E-state index contributed by atoms with van der Waals surface area (Å²) in [4.78, 5) is 15.0. The molecule has 0 spiro atoms. The molecule has 3 nitrogen and oxygen atoms in total. The molecule has 4 aromatic rings. The van der Waals surface area contributed by atoms with Crippen molar-refractivity contribution in [3.63, 3.8) is 0 Å². The summed E-state index contributed by atoms with van der Waals surface area (Å²) in [6, 6.07) is 30.6. The predicted octanol–water partition coefficient (Wildman–Crippen LogP) is 9.01. The Hall–Kier alpha value is -3.85. The zero-order valence-electron chi connectivity index (χ0n) is 24.6. The summed E-state index contributed by atoms with van der Waals surface area (Å²) in [6.07, 6.45) is 1.84. The Kier molecular flexibility index (Phi) is 8.54. The highest BCUT2D eigenvalue weighted by Crippen LogP contribution is 2.43. The lowest BCUT2D eigenvalue weighted by Crippen LogP contribution is -2.25. The molecule has 4 rings (SSSR count). The minimum absolute atomic E-state index is 0.0924. The van der Waals surface area contributed by atoms with E-state index in [1.54, 1.807) is 12.1 Å². The molecular weight excluding hydrogens is 492 g/mol. The van der Waals surface area contributed by atoms with E-state index >= 15 is 0 Å². The highest BCUT2D eigenvalue weighted by Gasteiger charge is 2.36. The fourth-order valence-electron chi connectivity index (χ4n) is 5.27. The van der Waals surface area contributed by atoms with Crippen LogP contribution in [-0.2, 0) is 15.6 Å². The van der Waals surface area contributed by atoms with Gasteiger partial charge in [0.05, 0.1) is 11.8 Å². The van der Waals surface area contributed by atoms with E-state index < -0.39 is 11.8 Å². The fraction of sp³-hybridized carbons (Fsp3) is 0.324. The van der Waals surface area contributed by atoms with Crippen molar-refractivity contribution in [1.82, 2.24) is 0 Å². The normalized spacial score (nSPS) is 13.6. The van der Waals surface area contributed by atoms with Crippen LogP contribution in [0.25, 0.3) is 0 Å². The lowest BCUT2D eigenvalue weighted by molar-refractivity contribution is -0.120. The van der Waals surface area contributed by atoms with Gasteiger partial charge in [0, 0.05) is 11.1 Å². The van der Waals surface area contributed by atoms with Gasteiger partial charge >= 0.3 is 0 Å². The molecule has 0 aromatic heterocycles. The number of hydrogen-bond acceptors (Lipinski definition) is 3. The third-order valence-electron chi connectivity index (χ3n) is 8.84. The summed E-state index contributed by atoms with van der Waals surface area (Å²) in [5, 5.41) is 22.4. The lowest BCUT2D eigenvalue weighted by Gasteiger charge is -2.29. The number of phenols is 2. The van der Waals surface area contributed by atoms with Crippen molar-refractivity contribution in [3.8, 4) is 11.5 Å². The summed E-state index contributed by atoms with van der Waals surface area (Å²) >= 11 is 0. The number of aromatic hydroxyl groups is 2. The van der Waals surface area contributed by atoms with Crippen LogP contribution in [0.1, 0.15) is 99.6 Å². The average molecular weight is 535 g/mol. The van der Waals surface area contributed by atoms with Gasteiger partial charge in [-0.15, -0.1) is 0 Å². The molecule has 208 valence electrons. The van der Waals surface area contributed by atoms with Crippen LogP contribution >= 0.6 is 0 Å². The smallest absolute Gasteiger partial charge is 0.156 e. The lowest BCUT2D eigenvalue weighted by atomic mass is 9.73. The fourth-order valence-corrected chi connectivity index (χ4v) is 5.27. The van der Waals surface area contributed by atoms with Crippen LogP contribution in [0.4, 0.5) is 0 Å². The second-order valence-electron chi connectivity index (χ2n) is 12.1. The molecule has 0 aliphatic heterocycles. The Labute approximate surface area is 239 Å². The zero-order valence-corrected chi connectivity index (χ0v) is 24.6. The monoisotopic (exact) mass is 534 g/mol. The van der Waals surface area contributed by atoms with Gasteiger partial charge in [0.25, 0.3) is 0 Å². The molecular formula is C37H42O3. The van der Waals surface area contributed by atoms with Gasteiger partial charge in [-0.25, -0.2) is 0 Å². The van der Waals surface area contributed by atoms with E-state index in [1.807, 2.05) is 84.9 Å². The Morgan fingerprint density at radius 3 is 1.27 bits per heavy atom. The number of hydrogen-bond donors (Lipinski definition) is 2. The van der Waals surface area contributed by atoms with E-state index in [0.717, 1.165) is 35.1 Å². The molecule has 40 heavy (non-hydrogen) atoms. The SMILES string of the molecule is CCC(C)(C)c1ccc(O)c(C(C(=O)C(c2ccccc2)c2cc(C(C)(C)CC)ccc2O)c2ccccc2)c1. The number of ketones is 1. The standard InChI is InChI=1S/C37H42O3/c1-7-36(3,4)27-19-21-31(38)29(23-27)33(25-15-11-9-12-16-25)35(40)34(26-17-13-10-14-18-26)30-24-28(20-22-32(30)39)37(5,6)8-2/h9-24,33-34,38-39H,7-8H2,1-6H3. The van der Waals surface area contributed by atoms with E-state index in [1.165, 1.54) is 0 Å². The maximum Gasteiger partial charge on any atom is 0.156 e. The second-order valence-corrected chi connectivity index (χ2v) is 12.1. The Bertz CT molecular complexity index is 1340. The Morgan fingerprint density at radius 2 is 0.950 bits per heavy atom. The average Bonchev–Trinajstić information content (AvgIpc) is 2.96. The van der Waals surface area contributed by atoms with E-state index in [0.29, 0.717) is 11.1 Å². The zero-order chi connectivity index (χ0) is 29.1. The van der Waals surface area contributed by atoms with Gasteiger partial charge in [0.1, 0.15) is 11.5 Å². The molecule has 2 unspecified atom stereocenters. The topological polar surface area (TPSA) is 57.5 Å². The molecule has 0 amide bonds. The van der Waals surface area contributed by atoms with Crippen LogP contribution in [0.15, 0.2) is 97.1 Å². The van der Waals surface area contributed by atoms with E-state index in [9.17, 15) is 15.0 Å². The summed E-state index contributed by atoms with van der Waals surface area (Å²) in [5.41, 5.74) is 4.68. The van der Waals surface area contributed by atoms with Crippen LogP contribution in [0.2, 0.25) is 0 Å². The molecule has 3 heteroatoms. The number of Topliss-reactive ketones (excluding diaryl/α,β-unsaturated/α-hetero) is 1. The van der Waals surface area contributed by atoms with Gasteiger partial charge in [-0.05, 0) is 58.1 Å². The van der Waals surface area contributed by atoms with Crippen LogP contribution in [0.5, 0.6) is 11.5 Å². The quantitative estimate of drug-likeness (QED) is 0.213. The molecule has 0 aliphatic carbocycles. The molecule has 4 aromatic carbocycles. The third kappa shape index (κ3) is 5.84. The van der Waals surface area contributed by atoms with Crippen molar-refractivity contribution in [3.05, 3.63) is 130 Å². The van der Waals surface area contributed by atoms with Gasteiger partial charge in [-0.1, -0.05) is 126 Å². The Morgan fingerprint density at radius 1 is 0.600 bits per heavy atom. The largest absolute Gasteiger partial charge is 0.508 e. The summed E-state index contributed by atoms with van der Waals surface area (Å²) in [5.74, 6) is -1.38. The van der Waals surface area contributed by atoms with Crippen LogP contribution < -0.4 is 0 Å². The second kappa shape index (κ2) is 11.7. The molecule has 0 aliphatic rings. The highest BCUT2D eigenvalue weighted by atomic mass is 16.3. The molecule has 0 radical (unpaired) electrons. The number of carbonyl (C=O) groups is 1. The third-order valence-corrected chi connectivity index (χ3v) is 8.84. The first-order valence-corrected chi connectivity index (χ1v) is 14.3. The number of rotatable bonds is 10. The van der Waals surface area contributed by atoms with E-state index in [4.69, 9.17) is 0 Å². The molecule has 0 saturated heterocycles. The summed E-state index contributed by atoms with van der Waals surface area (Å²) < 4.78 is 0. The highest BCUT2D eigenvalue weighted by molar-refractivity contribution is 5.98.